The minimum atomic E-state index is 0. The van der Waals surface area contributed by atoms with Crippen molar-refractivity contribution < 1.29 is 46.6 Å². The fraction of sp³-hybridized carbons (Fsp3) is 1.00. The van der Waals surface area contributed by atoms with Crippen LogP contribution in [0, 0.1) is 0 Å². The van der Waals surface area contributed by atoms with E-state index in [-0.39, 0.29) is 26.2 Å². The molecule has 0 fully saturated rings. The molecule has 0 aliphatic heterocycles. The molecule has 0 aliphatic carbocycles. The van der Waals surface area contributed by atoms with E-state index in [1.165, 1.54) is 231 Å². The number of hydrogen-bond acceptors (Lipinski definition) is 4. The van der Waals surface area contributed by atoms with Crippen molar-refractivity contribution in [2.24, 2.45) is 0 Å². The summed E-state index contributed by atoms with van der Waals surface area (Å²) in [6.07, 6.45) is 53.2. The molecular formula is C48H104O4Zr. The summed E-state index contributed by atoms with van der Waals surface area (Å²) in [5.41, 5.74) is 0. The molecule has 0 spiro atoms. The summed E-state index contributed by atoms with van der Waals surface area (Å²) in [5, 5.41) is 34.3. The maximum atomic E-state index is 8.57. The first-order valence-corrected chi connectivity index (χ1v) is 24.1. The van der Waals surface area contributed by atoms with Gasteiger partial charge in [0.1, 0.15) is 0 Å². The van der Waals surface area contributed by atoms with Gasteiger partial charge < -0.3 is 20.4 Å². The Balaban J connectivity index is -0.000000192. The van der Waals surface area contributed by atoms with Gasteiger partial charge in [-0.05, 0) is 25.7 Å². The molecule has 0 radical (unpaired) electrons. The number of aliphatic hydroxyl groups is 4. The Bertz CT molecular complexity index is 380. The van der Waals surface area contributed by atoms with Crippen LogP contribution in [-0.4, -0.2) is 46.9 Å². The zero-order valence-electron chi connectivity index (χ0n) is 37.4. The summed E-state index contributed by atoms with van der Waals surface area (Å²) in [6, 6.07) is 0. The predicted octanol–water partition coefficient (Wildman–Crippen LogP) is 15.6. The summed E-state index contributed by atoms with van der Waals surface area (Å²) in [7, 11) is 0. The maximum absolute atomic E-state index is 8.57. The van der Waals surface area contributed by atoms with Gasteiger partial charge in [-0.15, -0.1) is 0 Å². The summed E-state index contributed by atoms with van der Waals surface area (Å²) in [6.45, 7) is 10.5. The van der Waals surface area contributed by atoms with Gasteiger partial charge in [0.25, 0.3) is 0 Å². The Morgan fingerprint density at radius 3 is 0.358 bits per heavy atom. The van der Waals surface area contributed by atoms with Crippen LogP contribution in [-0.2, 0) is 26.2 Å². The predicted molar refractivity (Wildman–Crippen MR) is 236 cm³/mol. The monoisotopic (exact) mass is 835 g/mol. The molecule has 0 unspecified atom stereocenters. The van der Waals surface area contributed by atoms with Gasteiger partial charge in [0, 0.05) is 52.6 Å². The quantitative estimate of drug-likeness (QED) is 0.0464. The summed E-state index contributed by atoms with van der Waals surface area (Å²) in [4.78, 5) is 0. The first-order chi connectivity index (χ1) is 25.7. The minimum absolute atomic E-state index is 0. The first kappa shape index (κ1) is 62.9. The van der Waals surface area contributed by atoms with Crippen molar-refractivity contribution in [2.75, 3.05) is 26.4 Å². The number of unbranched alkanes of at least 4 members (excludes halogenated alkanes) is 36. The van der Waals surface area contributed by atoms with Crippen molar-refractivity contribution >= 4 is 0 Å². The molecule has 5 heteroatoms. The van der Waals surface area contributed by atoms with Crippen molar-refractivity contribution in [1.29, 1.82) is 0 Å². The van der Waals surface area contributed by atoms with Gasteiger partial charge >= 0.3 is 0 Å². The summed E-state index contributed by atoms with van der Waals surface area (Å²) >= 11 is 0. The average Bonchev–Trinajstić information content (AvgIpc) is 3.16. The second-order valence-corrected chi connectivity index (χ2v) is 15.6. The van der Waals surface area contributed by atoms with Crippen molar-refractivity contribution in [3.8, 4) is 0 Å². The van der Waals surface area contributed by atoms with Crippen LogP contribution >= 0.6 is 0 Å². The molecule has 0 saturated carbocycles. The Labute approximate surface area is 355 Å². The van der Waals surface area contributed by atoms with Crippen LogP contribution in [0.1, 0.15) is 285 Å². The van der Waals surface area contributed by atoms with E-state index in [2.05, 4.69) is 27.7 Å². The second kappa shape index (κ2) is 70.5. The number of aliphatic hydroxyl groups excluding tert-OH is 4. The van der Waals surface area contributed by atoms with Crippen molar-refractivity contribution in [3.05, 3.63) is 0 Å². The number of hydrogen-bond donors (Lipinski definition) is 4. The first-order valence-electron chi connectivity index (χ1n) is 24.1. The third-order valence-electron chi connectivity index (χ3n) is 10.0. The van der Waals surface area contributed by atoms with Gasteiger partial charge in [0.05, 0.1) is 0 Å². The molecule has 0 saturated heterocycles. The van der Waals surface area contributed by atoms with Gasteiger partial charge in [-0.1, -0.05) is 259 Å². The largest absolute Gasteiger partial charge is 0.396 e. The molecular weight excluding hydrogens is 732 g/mol. The van der Waals surface area contributed by atoms with E-state index in [1.54, 1.807) is 0 Å². The Kier molecular flexibility index (Phi) is 83.7. The van der Waals surface area contributed by atoms with E-state index in [0.29, 0.717) is 26.4 Å². The summed E-state index contributed by atoms with van der Waals surface area (Å²) in [5.74, 6) is 0. The van der Waals surface area contributed by atoms with Gasteiger partial charge in [0.15, 0.2) is 0 Å². The van der Waals surface area contributed by atoms with Gasteiger partial charge in [0.2, 0.25) is 0 Å². The van der Waals surface area contributed by atoms with Crippen LogP contribution in [0.2, 0.25) is 0 Å². The molecule has 0 aromatic carbocycles. The second-order valence-electron chi connectivity index (χ2n) is 15.6. The van der Waals surface area contributed by atoms with Crippen molar-refractivity contribution in [2.45, 2.75) is 285 Å². The zero-order valence-corrected chi connectivity index (χ0v) is 39.9. The van der Waals surface area contributed by atoms with Crippen molar-refractivity contribution in [3.63, 3.8) is 0 Å². The van der Waals surface area contributed by atoms with E-state index < -0.39 is 0 Å². The smallest absolute Gasteiger partial charge is 0.0431 e. The van der Waals surface area contributed by atoms with E-state index in [0.717, 1.165) is 25.7 Å². The summed E-state index contributed by atoms with van der Waals surface area (Å²) < 4.78 is 0. The van der Waals surface area contributed by atoms with E-state index in [9.17, 15) is 0 Å². The molecule has 0 aromatic rings. The molecule has 0 atom stereocenters. The van der Waals surface area contributed by atoms with Crippen LogP contribution < -0.4 is 0 Å². The minimum Gasteiger partial charge on any atom is -0.396 e. The van der Waals surface area contributed by atoms with Crippen LogP contribution in [0.15, 0.2) is 0 Å². The van der Waals surface area contributed by atoms with E-state index >= 15 is 0 Å². The standard InChI is InChI=1S/4C12H26O.Zr/c4*1-2-3-4-5-6-7-8-9-10-11-12-13;/h4*13H,2-12H2,1H3;. The molecule has 0 heterocycles. The molecule has 0 amide bonds. The Morgan fingerprint density at radius 2 is 0.264 bits per heavy atom. The molecule has 4 nitrogen and oxygen atoms in total. The fourth-order valence-corrected chi connectivity index (χ4v) is 6.40. The molecule has 4 N–H and O–H groups in total. The van der Waals surface area contributed by atoms with E-state index in [4.69, 9.17) is 20.4 Å². The zero-order chi connectivity index (χ0) is 39.1. The molecule has 0 aliphatic rings. The number of rotatable bonds is 40. The molecule has 0 rings (SSSR count). The van der Waals surface area contributed by atoms with Crippen molar-refractivity contribution in [1.82, 2.24) is 0 Å². The van der Waals surface area contributed by atoms with Gasteiger partial charge in [-0.25, -0.2) is 0 Å². The van der Waals surface area contributed by atoms with Gasteiger partial charge in [-0.3, -0.25) is 0 Å². The van der Waals surface area contributed by atoms with Gasteiger partial charge in [-0.2, -0.15) is 0 Å². The van der Waals surface area contributed by atoms with Crippen LogP contribution in [0.25, 0.3) is 0 Å². The fourth-order valence-electron chi connectivity index (χ4n) is 6.40. The molecule has 0 bridgehead atoms. The van der Waals surface area contributed by atoms with E-state index in [1.807, 2.05) is 0 Å². The molecule has 53 heavy (non-hydrogen) atoms. The SMILES string of the molecule is CCCCCCCCCCCCO.CCCCCCCCCCCCO.CCCCCCCCCCCCO.CCCCCCCCCCCCO.[Zr]. The topological polar surface area (TPSA) is 80.9 Å². The molecule has 0 aromatic heterocycles. The maximum Gasteiger partial charge on any atom is 0.0431 e. The van der Waals surface area contributed by atoms with Crippen LogP contribution in [0.5, 0.6) is 0 Å². The normalized spacial score (nSPS) is 10.4. The Hall–Kier alpha value is 0.723. The third kappa shape index (κ3) is 81.8. The average molecular weight is 837 g/mol. The third-order valence-corrected chi connectivity index (χ3v) is 10.0. The van der Waals surface area contributed by atoms with Crippen LogP contribution in [0.4, 0.5) is 0 Å². The van der Waals surface area contributed by atoms with Crippen LogP contribution in [0.3, 0.4) is 0 Å². The molecule has 324 valence electrons. The Morgan fingerprint density at radius 1 is 0.170 bits per heavy atom.